The molecule has 0 aliphatic heterocycles. The lowest BCUT2D eigenvalue weighted by atomic mass is 9.69. The first kappa shape index (κ1) is 14.1. The molecule has 1 unspecified atom stereocenters. The predicted molar refractivity (Wildman–Crippen MR) is 81.6 cm³/mol. The number of nitriles is 1. The van der Waals surface area contributed by atoms with Crippen LogP contribution in [-0.2, 0) is 19.3 Å². The number of rotatable bonds is 2. The number of halogens is 2. The topological polar surface area (TPSA) is 23.8 Å². The largest absolute Gasteiger partial charge is 0.205 e. The molecule has 1 nitrogen and oxygen atoms in total. The average Bonchev–Trinajstić information content (AvgIpc) is 2.52. The van der Waals surface area contributed by atoms with E-state index in [-0.39, 0.29) is 5.02 Å². The number of hydrogen-bond donors (Lipinski definition) is 0. The minimum absolute atomic E-state index is 0.122. The van der Waals surface area contributed by atoms with Crippen LogP contribution < -0.4 is 0 Å². The fraction of sp³-hybridized carbons (Fsp3) is 0.278. The molecule has 0 N–H and O–H groups in total. The fourth-order valence-corrected chi connectivity index (χ4v) is 3.33. The van der Waals surface area contributed by atoms with Crippen molar-refractivity contribution < 1.29 is 4.39 Å². The molecule has 1 aliphatic carbocycles. The molecule has 21 heavy (non-hydrogen) atoms. The Bertz CT molecular complexity index is 719. The van der Waals surface area contributed by atoms with Crippen LogP contribution in [0, 0.1) is 22.6 Å². The van der Waals surface area contributed by atoms with Crippen LogP contribution in [0.1, 0.15) is 23.1 Å². The van der Waals surface area contributed by atoms with Crippen molar-refractivity contribution in [2.24, 2.45) is 5.41 Å². The molecular formula is C18H15ClFN. The highest BCUT2D eigenvalue weighted by atomic mass is 35.5. The molecule has 1 atom stereocenters. The molecule has 3 heteroatoms. The van der Waals surface area contributed by atoms with Gasteiger partial charge in [-0.1, -0.05) is 48.0 Å². The minimum Gasteiger partial charge on any atom is -0.205 e. The summed E-state index contributed by atoms with van der Waals surface area (Å²) >= 11 is 5.84. The number of nitrogens with zero attached hydrogens (tertiary/aromatic N) is 1. The van der Waals surface area contributed by atoms with Gasteiger partial charge in [0.1, 0.15) is 5.82 Å². The van der Waals surface area contributed by atoms with Crippen molar-refractivity contribution in [2.45, 2.75) is 25.7 Å². The van der Waals surface area contributed by atoms with Crippen molar-refractivity contribution in [1.29, 1.82) is 5.26 Å². The summed E-state index contributed by atoms with van der Waals surface area (Å²) in [5, 5.41) is 9.81. The van der Waals surface area contributed by atoms with E-state index in [1.54, 1.807) is 12.1 Å². The molecular weight excluding hydrogens is 285 g/mol. The predicted octanol–water partition coefficient (Wildman–Crippen LogP) is 4.72. The molecule has 0 heterocycles. The Balaban J connectivity index is 1.93. The summed E-state index contributed by atoms with van der Waals surface area (Å²) in [7, 11) is 0. The van der Waals surface area contributed by atoms with Crippen molar-refractivity contribution >= 4 is 11.6 Å². The van der Waals surface area contributed by atoms with Crippen LogP contribution in [0.5, 0.6) is 0 Å². The fourth-order valence-electron chi connectivity index (χ4n) is 3.14. The van der Waals surface area contributed by atoms with Crippen LogP contribution in [0.25, 0.3) is 0 Å². The van der Waals surface area contributed by atoms with Crippen LogP contribution in [0.2, 0.25) is 5.02 Å². The summed E-state index contributed by atoms with van der Waals surface area (Å²) in [6.07, 6.45) is 2.70. The third-order valence-electron chi connectivity index (χ3n) is 4.32. The first-order valence-corrected chi connectivity index (χ1v) is 7.42. The smallest absolute Gasteiger partial charge is 0.145 e. The molecule has 3 rings (SSSR count). The van der Waals surface area contributed by atoms with Gasteiger partial charge in [0.25, 0.3) is 0 Å². The SMILES string of the molecule is N#CC1(Cc2cccc(Cl)c2F)CCc2ccccc2C1. The Morgan fingerprint density at radius 3 is 2.67 bits per heavy atom. The van der Waals surface area contributed by atoms with Crippen LogP contribution in [-0.4, -0.2) is 0 Å². The quantitative estimate of drug-likeness (QED) is 0.787. The van der Waals surface area contributed by atoms with E-state index >= 15 is 0 Å². The van der Waals surface area contributed by atoms with Gasteiger partial charge in [0.05, 0.1) is 16.5 Å². The second-order valence-electron chi connectivity index (χ2n) is 5.73. The zero-order valence-corrected chi connectivity index (χ0v) is 12.3. The zero-order chi connectivity index (χ0) is 14.9. The van der Waals surface area contributed by atoms with Crippen molar-refractivity contribution in [1.82, 2.24) is 0 Å². The summed E-state index contributed by atoms with van der Waals surface area (Å²) in [5.41, 5.74) is 2.49. The van der Waals surface area contributed by atoms with E-state index in [4.69, 9.17) is 11.6 Å². The van der Waals surface area contributed by atoms with Crippen LogP contribution >= 0.6 is 11.6 Å². The lowest BCUT2D eigenvalue weighted by Gasteiger charge is -2.32. The van der Waals surface area contributed by atoms with Gasteiger partial charge in [-0.25, -0.2) is 4.39 Å². The van der Waals surface area contributed by atoms with E-state index in [0.29, 0.717) is 18.4 Å². The molecule has 0 bridgehead atoms. The summed E-state index contributed by atoms with van der Waals surface area (Å²) in [6.45, 7) is 0. The Morgan fingerprint density at radius 2 is 1.90 bits per heavy atom. The Kier molecular flexibility index (Phi) is 3.69. The van der Waals surface area contributed by atoms with E-state index in [1.165, 1.54) is 17.2 Å². The lowest BCUT2D eigenvalue weighted by Crippen LogP contribution is -2.30. The standard InChI is InChI=1S/C18H15ClFN/c19-16-7-3-6-15(17(16)20)11-18(12-21)9-8-13-4-1-2-5-14(13)10-18/h1-7H,8-11H2. The van der Waals surface area contributed by atoms with Crippen LogP contribution in [0.3, 0.4) is 0 Å². The van der Waals surface area contributed by atoms with Gasteiger partial charge in [-0.2, -0.15) is 5.26 Å². The number of aryl methyl sites for hydroxylation is 1. The van der Waals surface area contributed by atoms with E-state index in [9.17, 15) is 9.65 Å². The molecule has 0 spiro atoms. The van der Waals surface area contributed by atoms with Gasteiger partial charge in [0.2, 0.25) is 0 Å². The van der Waals surface area contributed by atoms with Crippen molar-refractivity contribution in [3.05, 3.63) is 70.0 Å². The van der Waals surface area contributed by atoms with E-state index in [2.05, 4.69) is 18.2 Å². The third kappa shape index (κ3) is 2.66. The maximum absolute atomic E-state index is 14.1. The highest BCUT2D eigenvalue weighted by Crippen LogP contribution is 2.38. The van der Waals surface area contributed by atoms with Gasteiger partial charge in [-0.3, -0.25) is 0 Å². The number of hydrogen-bond acceptors (Lipinski definition) is 1. The van der Waals surface area contributed by atoms with Gasteiger partial charge in [0.15, 0.2) is 0 Å². The Labute approximate surface area is 129 Å². The maximum Gasteiger partial charge on any atom is 0.145 e. The van der Waals surface area contributed by atoms with Crippen LogP contribution in [0.4, 0.5) is 4.39 Å². The molecule has 0 saturated carbocycles. The average molecular weight is 300 g/mol. The Hall–Kier alpha value is -1.85. The van der Waals surface area contributed by atoms with Gasteiger partial charge in [-0.15, -0.1) is 0 Å². The monoisotopic (exact) mass is 299 g/mol. The van der Waals surface area contributed by atoms with E-state index < -0.39 is 11.2 Å². The van der Waals surface area contributed by atoms with Gasteiger partial charge < -0.3 is 0 Å². The highest BCUT2D eigenvalue weighted by Gasteiger charge is 2.35. The normalized spacial score (nSPS) is 20.6. The second-order valence-corrected chi connectivity index (χ2v) is 6.13. The minimum atomic E-state index is -0.542. The van der Waals surface area contributed by atoms with Crippen molar-refractivity contribution in [3.63, 3.8) is 0 Å². The van der Waals surface area contributed by atoms with Gasteiger partial charge in [0, 0.05) is 0 Å². The lowest BCUT2D eigenvalue weighted by molar-refractivity contribution is 0.335. The molecule has 106 valence electrons. The second kappa shape index (κ2) is 5.50. The molecule has 2 aromatic carbocycles. The van der Waals surface area contributed by atoms with Gasteiger partial charge >= 0.3 is 0 Å². The molecule has 0 aromatic heterocycles. The summed E-state index contributed by atoms with van der Waals surface area (Å²) in [5.74, 6) is -0.396. The van der Waals surface area contributed by atoms with Gasteiger partial charge in [-0.05, 0) is 48.4 Å². The highest BCUT2D eigenvalue weighted by molar-refractivity contribution is 6.30. The molecule has 0 radical (unpaired) electrons. The van der Waals surface area contributed by atoms with Crippen molar-refractivity contribution in [3.8, 4) is 6.07 Å². The zero-order valence-electron chi connectivity index (χ0n) is 11.6. The van der Waals surface area contributed by atoms with Crippen LogP contribution in [0.15, 0.2) is 42.5 Å². The van der Waals surface area contributed by atoms with Crippen molar-refractivity contribution in [2.75, 3.05) is 0 Å². The molecule has 2 aromatic rings. The number of fused-ring (bicyclic) bond motifs is 1. The Morgan fingerprint density at radius 1 is 1.14 bits per heavy atom. The maximum atomic E-state index is 14.1. The summed E-state index contributed by atoms with van der Waals surface area (Å²) in [6, 6.07) is 15.6. The first-order chi connectivity index (χ1) is 10.1. The number of benzene rings is 2. The summed E-state index contributed by atoms with van der Waals surface area (Å²) in [4.78, 5) is 0. The van der Waals surface area contributed by atoms with E-state index in [1.807, 2.05) is 12.1 Å². The molecule has 0 amide bonds. The third-order valence-corrected chi connectivity index (χ3v) is 4.61. The molecule has 0 fully saturated rings. The first-order valence-electron chi connectivity index (χ1n) is 7.04. The molecule has 1 aliphatic rings. The van der Waals surface area contributed by atoms with E-state index in [0.717, 1.165) is 12.8 Å². The molecule has 0 saturated heterocycles. The summed E-state index contributed by atoms with van der Waals surface area (Å²) < 4.78 is 14.1.